The fourth-order valence-electron chi connectivity index (χ4n) is 6.27. The molecular weight excluding hydrogens is 494 g/mol. The first-order valence-corrected chi connectivity index (χ1v) is 13.7. The van der Waals surface area contributed by atoms with Crippen molar-refractivity contribution in [3.8, 4) is 17.2 Å². The molecule has 1 fully saturated rings. The normalized spacial score (nSPS) is 21.7. The molecule has 1 aliphatic heterocycles. The van der Waals surface area contributed by atoms with Gasteiger partial charge < -0.3 is 24.3 Å². The molecule has 0 bridgehead atoms. The maximum Gasteiger partial charge on any atom is 0.337 e. The van der Waals surface area contributed by atoms with Gasteiger partial charge in [-0.3, -0.25) is 4.79 Å². The topological polar surface area (TPSA) is 83.1 Å². The largest absolute Gasteiger partial charge is 0.497 e. The Morgan fingerprint density at radius 1 is 0.897 bits per heavy atom. The van der Waals surface area contributed by atoms with E-state index in [0.717, 1.165) is 48.3 Å². The highest BCUT2D eigenvalue weighted by atomic mass is 16.5. The summed E-state index contributed by atoms with van der Waals surface area (Å²) in [4.78, 5) is 27.8. The minimum atomic E-state index is -0.619. The van der Waals surface area contributed by atoms with Crippen molar-refractivity contribution < 1.29 is 28.5 Å². The molecule has 2 aliphatic carbocycles. The van der Waals surface area contributed by atoms with E-state index < -0.39 is 5.92 Å². The zero-order valence-electron chi connectivity index (χ0n) is 23.2. The number of esters is 1. The summed E-state index contributed by atoms with van der Waals surface area (Å²) in [6, 6.07) is 13.5. The minimum Gasteiger partial charge on any atom is -0.497 e. The van der Waals surface area contributed by atoms with Gasteiger partial charge in [-0.15, -0.1) is 0 Å². The van der Waals surface area contributed by atoms with Gasteiger partial charge in [0.1, 0.15) is 11.9 Å². The lowest BCUT2D eigenvalue weighted by atomic mass is 9.71. The molecule has 0 radical (unpaired) electrons. The second-order valence-corrected chi connectivity index (χ2v) is 10.5. The van der Waals surface area contributed by atoms with Gasteiger partial charge in [0.2, 0.25) is 0 Å². The zero-order valence-corrected chi connectivity index (χ0v) is 23.2. The van der Waals surface area contributed by atoms with Gasteiger partial charge in [0.05, 0.1) is 32.8 Å². The van der Waals surface area contributed by atoms with E-state index >= 15 is 0 Å². The predicted molar refractivity (Wildman–Crippen MR) is 148 cm³/mol. The molecule has 1 saturated carbocycles. The minimum absolute atomic E-state index is 0.00917. The van der Waals surface area contributed by atoms with Gasteiger partial charge in [-0.1, -0.05) is 30.7 Å². The Kier molecular flexibility index (Phi) is 7.96. The molecule has 3 aliphatic rings. The Balaban J connectivity index is 1.57. The SMILES string of the molecule is COc1ccc(C2CC(=O)C3=C(C2)NC(C)=C(C(=O)OC2CCCCC2)C3c2cccc(OC)c2OC)cc1. The molecule has 0 saturated heterocycles. The lowest BCUT2D eigenvalue weighted by Gasteiger charge is -2.37. The van der Waals surface area contributed by atoms with Crippen LogP contribution in [0.25, 0.3) is 0 Å². The van der Waals surface area contributed by atoms with Crippen LogP contribution in [0.5, 0.6) is 17.2 Å². The first-order valence-electron chi connectivity index (χ1n) is 13.7. The van der Waals surface area contributed by atoms with E-state index in [9.17, 15) is 9.59 Å². The lowest BCUT2D eigenvalue weighted by Crippen LogP contribution is -2.37. The molecule has 2 aromatic rings. The van der Waals surface area contributed by atoms with E-state index in [4.69, 9.17) is 18.9 Å². The van der Waals surface area contributed by atoms with Crippen LogP contribution in [-0.4, -0.2) is 39.2 Å². The number of benzene rings is 2. The van der Waals surface area contributed by atoms with Crippen molar-refractivity contribution in [3.63, 3.8) is 0 Å². The number of para-hydroxylation sites is 1. The number of methoxy groups -OCH3 is 3. The molecular formula is C32H37NO6. The van der Waals surface area contributed by atoms with Gasteiger partial charge >= 0.3 is 5.97 Å². The van der Waals surface area contributed by atoms with Crippen molar-refractivity contribution in [2.45, 2.75) is 69.8 Å². The molecule has 1 N–H and O–H groups in total. The van der Waals surface area contributed by atoms with Crippen LogP contribution in [0.2, 0.25) is 0 Å². The molecule has 39 heavy (non-hydrogen) atoms. The van der Waals surface area contributed by atoms with Gasteiger partial charge in [0.25, 0.3) is 0 Å². The zero-order chi connectivity index (χ0) is 27.5. The van der Waals surface area contributed by atoms with Crippen LogP contribution < -0.4 is 19.5 Å². The molecule has 0 amide bonds. The van der Waals surface area contributed by atoms with Crippen LogP contribution in [-0.2, 0) is 14.3 Å². The molecule has 2 atom stereocenters. The molecule has 0 aromatic heterocycles. The number of Topliss-reactive ketones (excluding diaryl/α,β-unsaturated/α-hetero) is 1. The van der Waals surface area contributed by atoms with Gasteiger partial charge in [0, 0.05) is 29.0 Å². The van der Waals surface area contributed by atoms with Gasteiger partial charge in [-0.2, -0.15) is 0 Å². The third-order valence-corrected chi connectivity index (χ3v) is 8.21. The van der Waals surface area contributed by atoms with E-state index in [1.807, 2.05) is 49.4 Å². The van der Waals surface area contributed by atoms with Crippen LogP contribution >= 0.6 is 0 Å². The Morgan fingerprint density at radius 3 is 2.31 bits per heavy atom. The summed E-state index contributed by atoms with van der Waals surface area (Å²) < 4.78 is 22.7. The monoisotopic (exact) mass is 531 g/mol. The average Bonchev–Trinajstić information content (AvgIpc) is 2.96. The first-order chi connectivity index (χ1) is 18.9. The summed E-state index contributed by atoms with van der Waals surface area (Å²) in [7, 11) is 4.80. The smallest absolute Gasteiger partial charge is 0.337 e. The fourth-order valence-corrected chi connectivity index (χ4v) is 6.27. The van der Waals surface area contributed by atoms with Crippen molar-refractivity contribution in [3.05, 3.63) is 76.1 Å². The van der Waals surface area contributed by atoms with E-state index in [2.05, 4.69) is 5.32 Å². The molecule has 7 heteroatoms. The van der Waals surface area contributed by atoms with Crippen LogP contribution in [0.3, 0.4) is 0 Å². The van der Waals surface area contributed by atoms with Crippen molar-refractivity contribution in [1.29, 1.82) is 0 Å². The highest BCUT2D eigenvalue weighted by Crippen LogP contribution is 2.49. The van der Waals surface area contributed by atoms with Crippen LogP contribution in [0.1, 0.15) is 74.8 Å². The maximum absolute atomic E-state index is 14.0. The van der Waals surface area contributed by atoms with E-state index in [1.54, 1.807) is 21.3 Å². The number of carbonyl (C=O) groups excluding carboxylic acids is 2. The van der Waals surface area contributed by atoms with E-state index in [-0.39, 0.29) is 23.8 Å². The first kappa shape index (κ1) is 26.9. The average molecular weight is 532 g/mol. The molecule has 2 unspecified atom stereocenters. The van der Waals surface area contributed by atoms with Gasteiger partial charge in [-0.05, 0) is 68.7 Å². The number of ether oxygens (including phenoxy) is 4. The number of rotatable bonds is 7. The Labute approximate surface area is 230 Å². The quantitative estimate of drug-likeness (QED) is 0.442. The van der Waals surface area contributed by atoms with Crippen molar-refractivity contribution in [2.24, 2.45) is 0 Å². The third kappa shape index (κ3) is 5.27. The fraction of sp³-hybridized carbons (Fsp3) is 0.438. The van der Waals surface area contributed by atoms with E-state index in [1.165, 1.54) is 6.42 Å². The number of allylic oxidation sites excluding steroid dienone is 3. The van der Waals surface area contributed by atoms with Crippen molar-refractivity contribution in [1.82, 2.24) is 5.32 Å². The molecule has 7 nitrogen and oxygen atoms in total. The predicted octanol–water partition coefficient (Wildman–Crippen LogP) is 5.95. The van der Waals surface area contributed by atoms with Crippen LogP contribution in [0, 0.1) is 0 Å². The number of carbonyl (C=O) groups is 2. The molecule has 206 valence electrons. The second kappa shape index (κ2) is 11.6. The number of nitrogens with one attached hydrogen (secondary N) is 1. The Morgan fingerprint density at radius 2 is 1.64 bits per heavy atom. The van der Waals surface area contributed by atoms with Crippen molar-refractivity contribution >= 4 is 11.8 Å². The molecule has 0 spiro atoms. The summed E-state index contributed by atoms with van der Waals surface area (Å²) in [5, 5.41) is 3.45. The summed E-state index contributed by atoms with van der Waals surface area (Å²) in [5.41, 5.74) is 4.41. The van der Waals surface area contributed by atoms with E-state index in [0.29, 0.717) is 41.2 Å². The summed E-state index contributed by atoms with van der Waals surface area (Å²) in [6.45, 7) is 1.89. The number of hydrogen-bond donors (Lipinski definition) is 1. The van der Waals surface area contributed by atoms with Crippen LogP contribution in [0.4, 0.5) is 0 Å². The summed E-state index contributed by atoms with van der Waals surface area (Å²) in [5.74, 6) is 0.875. The highest BCUT2D eigenvalue weighted by Gasteiger charge is 2.43. The number of ketones is 1. The standard InChI is InChI=1S/C32H37NO6/c1-19-28(32(35)39-23-9-6-5-7-10-23)29(24-11-8-12-27(37-3)31(24)38-4)30-25(33-19)17-21(18-26(30)34)20-13-15-22(36-2)16-14-20/h8,11-16,21,23,29,33H,5-7,9-10,17-18H2,1-4H3. The molecule has 2 aromatic carbocycles. The third-order valence-electron chi connectivity index (χ3n) is 8.21. The number of hydrogen-bond acceptors (Lipinski definition) is 7. The highest BCUT2D eigenvalue weighted by molar-refractivity contribution is 6.04. The summed E-state index contributed by atoms with van der Waals surface area (Å²) in [6.07, 6.45) is 5.92. The second-order valence-electron chi connectivity index (χ2n) is 10.5. The molecule has 1 heterocycles. The lowest BCUT2D eigenvalue weighted by molar-refractivity contribution is -0.146. The Bertz CT molecular complexity index is 1300. The number of dihydropyridines is 1. The van der Waals surface area contributed by atoms with Gasteiger partial charge in [-0.25, -0.2) is 4.79 Å². The van der Waals surface area contributed by atoms with Crippen molar-refractivity contribution in [2.75, 3.05) is 21.3 Å². The Hall–Kier alpha value is -3.74. The summed E-state index contributed by atoms with van der Waals surface area (Å²) >= 11 is 0. The molecule has 5 rings (SSSR count). The van der Waals surface area contributed by atoms with Gasteiger partial charge in [0.15, 0.2) is 17.3 Å². The van der Waals surface area contributed by atoms with Crippen LogP contribution in [0.15, 0.2) is 65.0 Å². The maximum atomic E-state index is 14.0.